The molecule has 0 spiro atoms. The van der Waals surface area contributed by atoms with Crippen molar-refractivity contribution in [1.29, 1.82) is 0 Å². The van der Waals surface area contributed by atoms with Crippen LogP contribution < -0.4 is 10.0 Å². The van der Waals surface area contributed by atoms with Gasteiger partial charge in [0.2, 0.25) is 16.0 Å². The standard InChI is InChI=1S/C6H13N5O2S/c1-7-3-4-14(12,13)10-6-8-5-9-11(6)2/h5,7H,3-4H2,1-2H3,(H,8,9,10). The molecule has 0 aliphatic carbocycles. The van der Waals surface area contributed by atoms with Crippen LogP contribution >= 0.6 is 0 Å². The third-order valence-electron chi connectivity index (χ3n) is 1.58. The Morgan fingerprint density at radius 1 is 1.57 bits per heavy atom. The molecule has 1 rings (SSSR count). The minimum absolute atomic E-state index is 0.0103. The van der Waals surface area contributed by atoms with Crippen LogP contribution in [0.15, 0.2) is 6.33 Å². The van der Waals surface area contributed by atoms with E-state index in [9.17, 15) is 8.42 Å². The van der Waals surface area contributed by atoms with Crippen molar-refractivity contribution in [3.63, 3.8) is 0 Å². The second kappa shape index (κ2) is 4.38. The Bertz CT molecular complexity index is 385. The van der Waals surface area contributed by atoms with Crippen molar-refractivity contribution in [3.05, 3.63) is 6.33 Å². The number of rotatable bonds is 5. The second-order valence-electron chi connectivity index (χ2n) is 2.73. The summed E-state index contributed by atoms with van der Waals surface area (Å²) in [6, 6.07) is 0. The third kappa shape index (κ3) is 2.96. The molecule has 0 unspecified atom stereocenters. The lowest BCUT2D eigenvalue weighted by Crippen LogP contribution is -2.25. The van der Waals surface area contributed by atoms with Crippen LogP contribution in [0, 0.1) is 0 Å². The van der Waals surface area contributed by atoms with E-state index in [1.165, 1.54) is 11.0 Å². The number of sulfonamides is 1. The van der Waals surface area contributed by atoms with Gasteiger partial charge >= 0.3 is 0 Å². The first-order valence-corrected chi connectivity index (χ1v) is 5.69. The van der Waals surface area contributed by atoms with Gasteiger partial charge in [0.05, 0.1) is 5.75 Å². The Kier molecular flexibility index (Phi) is 3.42. The van der Waals surface area contributed by atoms with E-state index in [-0.39, 0.29) is 11.7 Å². The van der Waals surface area contributed by atoms with Gasteiger partial charge in [-0.25, -0.2) is 13.1 Å². The van der Waals surface area contributed by atoms with Crippen molar-refractivity contribution in [1.82, 2.24) is 20.1 Å². The first-order chi connectivity index (χ1) is 6.55. The highest BCUT2D eigenvalue weighted by molar-refractivity contribution is 7.92. The molecule has 2 N–H and O–H groups in total. The van der Waals surface area contributed by atoms with Crippen LogP contribution in [-0.4, -0.2) is 42.5 Å². The third-order valence-corrected chi connectivity index (χ3v) is 2.81. The van der Waals surface area contributed by atoms with Crippen LogP contribution in [0.4, 0.5) is 5.95 Å². The van der Waals surface area contributed by atoms with Crippen molar-refractivity contribution in [2.75, 3.05) is 24.1 Å². The minimum Gasteiger partial charge on any atom is -0.319 e. The summed E-state index contributed by atoms with van der Waals surface area (Å²) in [7, 11) is -0.0187. The number of nitrogens with zero attached hydrogens (tertiary/aromatic N) is 3. The quantitative estimate of drug-likeness (QED) is 0.647. The van der Waals surface area contributed by atoms with Gasteiger partial charge in [-0.05, 0) is 7.05 Å². The maximum atomic E-state index is 11.4. The molecule has 0 amide bonds. The highest BCUT2D eigenvalue weighted by atomic mass is 32.2. The summed E-state index contributed by atoms with van der Waals surface area (Å²) in [6.07, 6.45) is 1.29. The summed E-state index contributed by atoms with van der Waals surface area (Å²) in [5, 5.41) is 6.50. The smallest absolute Gasteiger partial charge is 0.236 e. The van der Waals surface area contributed by atoms with E-state index >= 15 is 0 Å². The zero-order valence-corrected chi connectivity index (χ0v) is 8.87. The van der Waals surface area contributed by atoms with E-state index < -0.39 is 10.0 Å². The summed E-state index contributed by atoms with van der Waals surface area (Å²) >= 11 is 0. The van der Waals surface area contributed by atoms with E-state index in [0.717, 1.165) is 0 Å². The molecule has 80 valence electrons. The van der Waals surface area contributed by atoms with Gasteiger partial charge in [-0.3, -0.25) is 4.72 Å². The van der Waals surface area contributed by atoms with Crippen LogP contribution in [0.1, 0.15) is 0 Å². The van der Waals surface area contributed by atoms with Crippen molar-refractivity contribution in [2.24, 2.45) is 7.05 Å². The van der Waals surface area contributed by atoms with Crippen molar-refractivity contribution < 1.29 is 8.42 Å². The Morgan fingerprint density at radius 3 is 2.79 bits per heavy atom. The molecule has 8 heteroatoms. The maximum Gasteiger partial charge on any atom is 0.236 e. The van der Waals surface area contributed by atoms with Gasteiger partial charge < -0.3 is 5.32 Å². The van der Waals surface area contributed by atoms with Crippen LogP contribution in [0.5, 0.6) is 0 Å². The zero-order chi connectivity index (χ0) is 10.6. The Hall–Kier alpha value is -1.15. The molecule has 1 aromatic rings. The zero-order valence-electron chi connectivity index (χ0n) is 8.06. The lowest BCUT2D eigenvalue weighted by Gasteiger charge is -2.05. The first kappa shape index (κ1) is 10.9. The fourth-order valence-corrected chi connectivity index (χ4v) is 1.85. The van der Waals surface area contributed by atoms with Crippen LogP contribution in [0.3, 0.4) is 0 Å². The van der Waals surface area contributed by atoms with E-state index in [1.807, 2.05) is 0 Å². The normalized spacial score (nSPS) is 11.6. The van der Waals surface area contributed by atoms with Gasteiger partial charge in [-0.15, -0.1) is 0 Å². The molecule has 14 heavy (non-hydrogen) atoms. The topological polar surface area (TPSA) is 88.9 Å². The predicted octanol–water partition coefficient (Wildman–Crippen LogP) is -1.22. The summed E-state index contributed by atoms with van der Waals surface area (Å²) in [6.45, 7) is 0.396. The molecule has 0 bridgehead atoms. The lowest BCUT2D eigenvalue weighted by molar-refractivity contribution is 0.597. The van der Waals surface area contributed by atoms with E-state index in [2.05, 4.69) is 20.1 Å². The molecule has 1 heterocycles. The Morgan fingerprint density at radius 2 is 2.29 bits per heavy atom. The fourth-order valence-electron chi connectivity index (χ4n) is 0.815. The summed E-state index contributed by atoms with van der Waals surface area (Å²) in [5.74, 6) is 0.234. The van der Waals surface area contributed by atoms with E-state index in [1.54, 1.807) is 14.1 Å². The minimum atomic E-state index is -3.33. The number of aryl methyl sites for hydroxylation is 1. The van der Waals surface area contributed by atoms with Gasteiger partial charge in [0.15, 0.2) is 0 Å². The molecule has 0 aliphatic rings. The average Bonchev–Trinajstić information content (AvgIpc) is 2.48. The van der Waals surface area contributed by atoms with Gasteiger partial charge in [0.25, 0.3) is 0 Å². The SMILES string of the molecule is CNCCS(=O)(=O)Nc1ncnn1C. The van der Waals surface area contributed by atoms with Crippen molar-refractivity contribution in [3.8, 4) is 0 Å². The second-order valence-corrected chi connectivity index (χ2v) is 4.57. The molecule has 0 saturated heterocycles. The average molecular weight is 219 g/mol. The molecule has 7 nitrogen and oxygen atoms in total. The number of hydrogen-bond donors (Lipinski definition) is 2. The van der Waals surface area contributed by atoms with E-state index in [4.69, 9.17) is 0 Å². The van der Waals surface area contributed by atoms with Gasteiger partial charge in [0.1, 0.15) is 6.33 Å². The molecular weight excluding hydrogens is 206 g/mol. The van der Waals surface area contributed by atoms with Crippen molar-refractivity contribution >= 4 is 16.0 Å². The molecule has 0 radical (unpaired) electrons. The molecular formula is C6H13N5O2S. The molecule has 0 saturated carbocycles. The molecule has 0 aromatic carbocycles. The fraction of sp³-hybridized carbons (Fsp3) is 0.667. The first-order valence-electron chi connectivity index (χ1n) is 4.04. The molecule has 1 aromatic heterocycles. The maximum absolute atomic E-state index is 11.4. The number of nitrogens with one attached hydrogen (secondary N) is 2. The van der Waals surface area contributed by atoms with Crippen LogP contribution in [-0.2, 0) is 17.1 Å². The lowest BCUT2D eigenvalue weighted by atomic mass is 10.8. The Balaban J connectivity index is 2.64. The monoisotopic (exact) mass is 219 g/mol. The predicted molar refractivity (Wildman–Crippen MR) is 52.3 cm³/mol. The number of hydrogen-bond acceptors (Lipinski definition) is 5. The van der Waals surface area contributed by atoms with Gasteiger partial charge in [-0.1, -0.05) is 0 Å². The molecule has 0 fully saturated rings. The van der Waals surface area contributed by atoms with Crippen LogP contribution in [0.2, 0.25) is 0 Å². The van der Waals surface area contributed by atoms with Crippen molar-refractivity contribution in [2.45, 2.75) is 0 Å². The number of anilines is 1. The highest BCUT2D eigenvalue weighted by Gasteiger charge is 2.12. The number of aromatic nitrogens is 3. The summed E-state index contributed by atoms with van der Waals surface area (Å²) < 4.78 is 26.4. The highest BCUT2D eigenvalue weighted by Crippen LogP contribution is 2.01. The largest absolute Gasteiger partial charge is 0.319 e. The summed E-state index contributed by atoms with van der Waals surface area (Å²) in [5.41, 5.74) is 0. The summed E-state index contributed by atoms with van der Waals surface area (Å²) in [4.78, 5) is 3.75. The molecule has 0 atom stereocenters. The van der Waals surface area contributed by atoms with Crippen LogP contribution in [0.25, 0.3) is 0 Å². The van der Waals surface area contributed by atoms with Gasteiger partial charge in [0, 0.05) is 13.6 Å². The van der Waals surface area contributed by atoms with E-state index in [0.29, 0.717) is 6.54 Å². The van der Waals surface area contributed by atoms with Gasteiger partial charge in [-0.2, -0.15) is 10.1 Å². The Labute approximate surface area is 82.6 Å². The molecule has 0 aliphatic heterocycles.